The molecule has 2 aliphatic rings. The van der Waals surface area contributed by atoms with E-state index in [-0.39, 0.29) is 0 Å². The van der Waals surface area contributed by atoms with Crippen molar-refractivity contribution in [1.29, 1.82) is 0 Å². The van der Waals surface area contributed by atoms with E-state index < -0.39 is 11.6 Å². The molecule has 0 radical (unpaired) electrons. The van der Waals surface area contributed by atoms with Gasteiger partial charge < -0.3 is 0 Å². The summed E-state index contributed by atoms with van der Waals surface area (Å²) < 4.78 is 28.8. The van der Waals surface area contributed by atoms with Crippen molar-refractivity contribution in [3.63, 3.8) is 0 Å². The van der Waals surface area contributed by atoms with Gasteiger partial charge in [-0.2, -0.15) is 5.10 Å². The third-order valence-corrected chi connectivity index (χ3v) is 5.05. The summed E-state index contributed by atoms with van der Waals surface area (Å²) in [5.41, 5.74) is 0.729. The fourth-order valence-corrected chi connectivity index (χ4v) is 4.13. The minimum absolute atomic E-state index is 0.452. The minimum atomic E-state index is -0.492. The average Bonchev–Trinajstić information content (AvgIpc) is 3.05. The molecule has 22 heavy (non-hydrogen) atoms. The topological polar surface area (TPSA) is 21.1 Å². The van der Waals surface area contributed by atoms with E-state index in [0.29, 0.717) is 24.7 Å². The molecule has 0 saturated carbocycles. The van der Waals surface area contributed by atoms with Gasteiger partial charge in [0, 0.05) is 37.1 Å². The molecule has 2 saturated heterocycles. The van der Waals surface area contributed by atoms with Gasteiger partial charge >= 0.3 is 0 Å². The van der Waals surface area contributed by atoms with Crippen LogP contribution >= 0.6 is 0 Å². The Morgan fingerprint density at radius 1 is 1.00 bits per heavy atom. The molecule has 0 N–H and O–H groups in total. The highest BCUT2D eigenvalue weighted by molar-refractivity contribution is 5.18. The summed E-state index contributed by atoms with van der Waals surface area (Å²) >= 11 is 0. The molecule has 1 aromatic heterocycles. The van der Waals surface area contributed by atoms with E-state index in [4.69, 9.17) is 0 Å². The molecule has 2 fully saturated rings. The van der Waals surface area contributed by atoms with Crippen molar-refractivity contribution in [1.82, 2.24) is 14.7 Å². The zero-order chi connectivity index (χ0) is 15.1. The summed E-state index contributed by atoms with van der Waals surface area (Å²) in [6.07, 6.45) is 8.32. The maximum absolute atomic E-state index is 13.4. The summed E-state index contributed by atoms with van der Waals surface area (Å²) in [6.45, 7) is 0.635. The van der Waals surface area contributed by atoms with Crippen molar-refractivity contribution in [3.05, 3.63) is 53.9 Å². The lowest BCUT2D eigenvalue weighted by Gasteiger charge is -2.39. The largest absolute Gasteiger partial charge is 0.293 e. The van der Waals surface area contributed by atoms with Crippen molar-refractivity contribution in [2.45, 2.75) is 50.4 Å². The maximum atomic E-state index is 13.4. The predicted octanol–water partition coefficient (Wildman–Crippen LogP) is 3.53. The fraction of sp³-hybridized carbons (Fsp3) is 0.471. The van der Waals surface area contributed by atoms with E-state index in [1.807, 2.05) is 18.5 Å². The van der Waals surface area contributed by atoms with Gasteiger partial charge in [-0.25, -0.2) is 8.78 Å². The van der Waals surface area contributed by atoms with Gasteiger partial charge in [0.2, 0.25) is 0 Å². The van der Waals surface area contributed by atoms with Crippen LogP contribution in [0.4, 0.5) is 8.78 Å². The Balaban J connectivity index is 1.50. The van der Waals surface area contributed by atoms with Gasteiger partial charge in [0.15, 0.2) is 0 Å². The summed E-state index contributed by atoms with van der Waals surface area (Å²) in [7, 11) is 0. The number of fused-ring (bicyclic) bond motifs is 2. The molecule has 5 heteroatoms. The van der Waals surface area contributed by atoms with Crippen molar-refractivity contribution in [2.75, 3.05) is 0 Å². The van der Waals surface area contributed by atoms with E-state index in [1.54, 1.807) is 0 Å². The number of rotatable bonds is 3. The van der Waals surface area contributed by atoms with Gasteiger partial charge in [-0.3, -0.25) is 9.58 Å². The smallest absolute Gasteiger partial charge is 0.126 e. The lowest BCUT2D eigenvalue weighted by Crippen LogP contribution is -2.42. The second-order valence-electron chi connectivity index (χ2n) is 6.45. The van der Waals surface area contributed by atoms with Crippen molar-refractivity contribution < 1.29 is 8.78 Å². The molecule has 3 heterocycles. The second-order valence-corrected chi connectivity index (χ2v) is 6.45. The summed E-state index contributed by atoms with van der Waals surface area (Å²) in [4.78, 5) is 2.42. The Morgan fingerprint density at radius 2 is 1.68 bits per heavy atom. The van der Waals surface area contributed by atoms with E-state index in [9.17, 15) is 8.78 Å². The summed E-state index contributed by atoms with van der Waals surface area (Å²) in [5.74, 6) is -0.984. The zero-order valence-corrected chi connectivity index (χ0v) is 12.3. The predicted molar refractivity (Wildman–Crippen MR) is 79.2 cm³/mol. The Kier molecular flexibility index (Phi) is 3.45. The van der Waals surface area contributed by atoms with Crippen LogP contribution in [0, 0.1) is 11.6 Å². The average molecular weight is 303 g/mol. The van der Waals surface area contributed by atoms with Crippen LogP contribution in [0.15, 0.2) is 36.7 Å². The maximum Gasteiger partial charge on any atom is 0.126 e. The van der Waals surface area contributed by atoms with Crippen molar-refractivity contribution in [3.8, 4) is 0 Å². The molecule has 2 atom stereocenters. The van der Waals surface area contributed by atoms with Crippen LogP contribution in [0.5, 0.6) is 0 Å². The minimum Gasteiger partial charge on any atom is -0.293 e. The van der Waals surface area contributed by atoms with Crippen LogP contribution in [-0.2, 0) is 6.54 Å². The van der Waals surface area contributed by atoms with Crippen LogP contribution in [0.1, 0.15) is 37.3 Å². The van der Waals surface area contributed by atoms with E-state index in [1.165, 1.54) is 25.0 Å². The fourth-order valence-electron chi connectivity index (χ4n) is 4.13. The highest BCUT2D eigenvalue weighted by atomic mass is 19.1. The van der Waals surface area contributed by atoms with Crippen LogP contribution in [0.2, 0.25) is 0 Å². The highest BCUT2D eigenvalue weighted by Gasteiger charge is 2.41. The number of aromatic nitrogens is 2. The first-order chi connectivity index (χ1) is 10.7. The second kappa shape index (κ2) is 5.47. The quantitative estimate of drug-likeness (QED) is 0.865. The molecule has 1 aromatic carbocycles. The Bertz CT molecular complexity index is 622. The van der Waals surface area contributed by atoms with Crippen LogP contribution in [-0.4, -0.2) is 26.8 Å². The van der Waals surface area contributed by atoms with Gasteiger partial charge in [0.1, 0.15) is 11.6 Å². The molecule has 2 aliphatic heterocycles. The Morgan fingerprint density at radius 3 is 2.27 bits per heavy atom. The molecular formula is C17H19F2N3. The number of nitrogens with zero attached hydrogens (tertiary/aromatic N) is 3. The first-order valence-electron chi connectivity index (χ1n) is 7.89. The number of hydrogen-bond donors (Lipinski definition) is 0. The number of hydrogen-bond acceptors (Lipinski definition) is 2. The van der Waals surface area contributed by atoms with Crippen molar-refractivity contribution >= 4 is 0 Å². The molecule has 2 aromatic rings. The normalized spacial score (nSPS) is 28.2. The summed E-state index contributed by atoms with van der Waals surface area (Å²) in [5, 5.41) is 4.37. The molecule has 0 amide bonds. The Labute approximate surface area is 128 Å². The first-order valence-corrected chi connectivity index (χ1v) is 7.89. The van der Waals surface area contributed by atoms with Gasteiger partial charge in [0.05, 0.1) is 6.04 Å². The lowest BCUT2D eigenvalue weighted by atomic mass is 9.96. The SMILES string of the molecule is Fc1cc(F)cc(CN2C3CCC2CC(n2cccn2)C3)c1. The van der Waals surface area contributed by atoms with E-state index in [2.05, 4.69) is 14.7 Å². The third kappa shape index (κ3) is 2.54. The van der Waals surface area contributed by atoms with Crippen LogP contribution < -0.4 is 0 Å². The molecule has 2 bridgehead atoms. The monoisotopic (exact) mass is 303 g/mol. The third-order valence-electron chi connectivity index (χ3n) is 5.05. The van der Waals surface area contributed by atoms with Crippen LogP contribution in [0.3, 0.4) is 0 Å². The summed E-state index contributed by atoms with van der Waals surface area (Å²) in [6, 6.07) is 7.21. The highest BCUT2D eigenvalue weighted by Crippen LogP contribution is 2.41. The standard InChI is InChI=1S/C17H19F2N3/c18-13-6-12(7-14(19)8-13)11-21-15-2-3-16(21)10-17(9-15)22-5-1-4-20-22/h1,4-8,15-17H,2-3,9-11H2. The van der Waals surface area contributed by atoms with Gasteiger partial charge in [-0.1, -0.05) is 0 Å². The molecule has 116 valence electrons. The zero-order valence-electron chi connectivity index (χ0n) is 12.3. The number of benzene rings is 1. The number of piperidine rings is 1. The van der Waals surface area contributed by atoms with E-state index in [0.717, 1.165) is 24.5 Å². The van der Waals surface area contributed by atoms with Gasteiger partial charge in [-0.05, 0) is 49.4 Å². The van der Waals surface area contributed by atoms with Gasteiger partial charge in [-0.15, -0.1) is 0 Å². The molecule has 2 unspecified atom stereocenters. The lowest BCUT2D eigenvalue weighted by molar-refractivity contribution is 0.0949. The van der Waals surface area contributed by atoms with E-state index >= 15 is 0 Å². The number of halogens is 2. The molecule has 4 rings (SSSR count). The molecular weight excluding hydrogens is 284 g/mol. The molecule has 3 nitrogen and oxygen atoms in total. The van der Waals surface area contributed by atoms with Crippen molar-refractivity contribution in [2.24, 2.45) is 0 Å². The van der Waals surface area contributed by atoms with Gasteiger partial charge in [0.25, 0.3) is 0 Å². The molecule has 0 aliphatic carbocycles. The van der Waals surface area contributed by atoms with Crippen LogP contribution in [0.25, 0.3) is 0 Å². The first kappa shape index (κ1) is 13.9. The molecule has 0 spiro atoms. The Hall–Kier alpha value is -1.75.